The Kier molecular flexibility index (Phi) is 3.92. The highest BCUT2D eigenvalue weighted by Crippen LogP contribution is 2.21. The van der Waals surface area contributed by atoms with Crippen LogP contribution < -0.4 is 0 Å². The van der Waals surface area contributed by atoms with Gasteiger partial charge in [-0.3, -0.25) is 9.78 Å². The number of carbonyl (C=O) groups excluding carboxylic acids is 1. The molecule has 21 heavy (non-hydrogen) atoms. The van der Waals surface area contributed by atoms with Crippen molar-refractivity contribution in [1.29, 1.82) is 0 Å². The molecule has 1 aliphatic heterocycles. The van der Waals surface area contributed by atoms with Crippen molar-refractivity contribution >= 4 is 17.5 Å². The second kappa shape index (κ2) is 5.85. The van der Waals surface area contributed by atoms with Gasteiger partial charge in [0.15, 0.2) is 0 Å². The Morgan fingerprint density at radius 2 is 2.38 bits per heavy atom. The molecule has 0 aliphatic carbocycles. The summed E-state index contributed by atoms with van der Waals surface area (Å²) in [6.45, 7) is 1.68. The second-order valence-corrected chi connectivity index (χ2v) is 5.84. The number of imidazole rings is 1. The second-order valence-electron chi connectivity index (χ2n) is 5.44. The van der Waals surface area contributed by atoms with Crippen LogP contribution in [0.4, 0.5) is 0 Å². The molecule has 0 spiro atoms. The van der Waals surface area contributed by atoms with Gasteiger partial charge >= 0.3 is 0 Å². The lowest BCUT2D eigenvalue weighted by molar-refractivity contribution is 0.0764. The number of carbonyl (C=O) groups is 1. The van der Waals surface area contributed by atoms with Crippen LogP contribution >= 0.6 is 11.6 Å². The normalized spacial score (nSPS) is 17.3. The van der Waals surface area contributed by atoms with Gasteiger partial charge in [-0.15, -0.1) is 0 Å². The number of aromatic nitrogens is 3. The number of hydrogen-bond acceptors (Lipinski definition) is 3. The van der Waals surface area contributed by atoms with Crippen molar-refractivity contribution in [3.63, 3.8) is 0 Å². The Hall–Kier alpha value is -1.88. The van der Waals surface area contributed by atoms with Gasteiger partial charge in [0, 0.05) is 51.3 Å². The molecule has 6 heteroatoms. The number of pyridine rings is 1. The van der Waals surface area contributed by atoms with E-state index in [2.05, 4.69) is 14.5 Å². The van der Waals surface area contributed by atoms with Crippen molar-refractivity contribution in [2.75, 3.05) is 13.6 Å². The monoisotopic (exact) mass is 304 g/mol. The van der Waals surface area contributed by atoms with Crippen LogP contribution in [-0.2, 0) is 13.0 Å². The first-order valence-electron chi connectivity index (χ1n) is 7.00. The summed E-state index contributed by atoms with van der Waals surface area (Å²) in [7, 11) is 1.82. The molecule has 1 aliphatic rings. The highest BCUT2D eigenvalue weighted by atomic mass is 35.5. The highest BCUT2D eigenvalue weighted by molar-refractivity contribution is 6.33. The molecule has 1 atom stereocenters. The molecule has 0 fully saturated rings. The van der Waals surface area contributed by atoms with Crippen LogP contribution in [0.2, 0.25) is 5.02 Å². The molecule has 0 aromatic carbocycles. The molecule has 110 valence electrons. The van der Waals surface area contributed by atoms with Crippen LogP contribution in [-0.4, -0.2) is 38.9 Å². The molecule has 1 unspecified atom stereocenters. The molecule has 0 bridgehead atoms. The molecule has 3 heterocycles. The Labute approximate surface area is 128 Å². The van der Waals surface area contributed by atoms with Crippen molar-refractivity contribution in [1.82, 2.24) is 19.4 Å². The zero-order valence-electron chi connectivity index (χ0n) is 11.9. The number of hydrogen-bond donors (Lipinski definition) is 0. The molecular weight excluding hydrogens is 288 g/mol. The Morgan fingerprint density at radius 3 is 3.19 bits per heavy atom. The lowest BCUT2D eigenvalue weighted by Crippen LogP contribution is -2.35. The average Bonchev–Trinajstić information content (AvgIpc) is 2.94. The van der Waals surface area contributed by atoms with E-state index in [9.17, 15) is 4.79 Å². The zero-order valence-corrected chi connectivity index (χ0v) is 12.6. The molecule has 0 saturated heterocycles. The van der Waals surface area contributed by atoms with E-state index >= 15 is 0 Å². The smallest absolute Gasteiger partial charge is 0.255 e. The van der Waals surface area contributed by atoms with Crippen molar-refractivity contribution in [3.05, 3.63) is 47.3 Å². The Morgan fingerprint density at radius 1 is 1.52 bits per heavy atom. The maximum Gasteiger partial charge on any atom is 0.255 e. The van der Waals surface area contributed by atoms with E-state index in [1.165, 1.54) is 6.20 Å². The Bertz CT molecular complexity index is 655. The number of fused-ring (bicyclic) bond motifs is 1. The van der Waals surface area contributed by atoms with Crippen LogP contribution in [0.25, 0.3) is 0 Å². The first kappa shape index (κ1) is 14.1. The number of rotatable bonds is 3. The zero-order chi connectivity index (χ0) is 14.8. The van der Waals surface area contributed by atoms with Gasteiger partial charge in [0.25, 0.3) is 5.91 Å². The maximum atomic E-state index is 12.4. The first-order valence-corrected chi connectivity index (χ1v) is 7.38. The predicted molar refractivity (Wildman–Crippen MR) is 80.2 cm³/mol. The summed E-state index contributed by atoms with van der Waals surface area (Å²) < 4.78 is 2.18. The minimum Gasteiger partial charge on any atom is -0.341 e. The van der Waals surface area contributed by atoms with Gasteiger partial charge in [-0.1, -0.05) is 11.6 Å². The lowest BCUT2D eigenvalue weighted by atomic mass is 9.97. The fraction of sp³-hybridized carbons (Fsp3) is 0.400. The maximum absolute atomic E-state index is 12.4. The molecule has 0 N–H and O–H groups in total. The van der Waals surface area contributed by atoms with Crippen LogP contribution in [0.1, 0.15) is 22.6 Å². The number of aryl methyl sites for hydroxylation is 1. The van der Waals surface area contributed by atoms with E-state index in [4.69, 9.17) is 11.6 Å². The highest BCUT2D eigenvalue weighted by Gasteiger charge is 2.23. The van der Waals surface area contributed by atoms with Crippen LogP contribution in [0.15, 0.2) is 30.9 Å². The van der Waals surface area contributed by atoms with Gasteiger partial charge in [-0.2, -0.15) is 0 Å². The minimum absolute atomic E-state index is 0.0590. The summed E-state index contributed by atoms with van der Waals surface area (Å²) in [6.07, 6.45) is 8.91. The molecule has 3 rings (SSSR count). The topological polar surface area (TPSA) is 51.0 Å². The molecule has 1 amide bonds. The summed E-state index contributed by atoms with van der Waals surface area (Å²) >= 11 is 6.03. The number of nitrogens with zero attached hydrogens (tertiary/aromatic N) is 4. The van der Waals surface area contributed by atoms with Crippen LogP contribution in [0.3, 0.4) is 0 Å². The fourth-order valence-electron chi connectivity index (χ4n) is 2.80. The van der Waals surface area contributed by atoms with E-state index in [-0.39, 0.29) is 5.91 Å². The Balaban J connectivity index is 1.66. The third-order valence-corrected chi connectivity index (χ3v) is 4.23. The van der Waals surface area contributed by atoms with Gasteiger partial charge in [0.1, 0.15) is 5.82 Å². The summed E-state index contributed by atoms with van der Waals surface area (Å²) in [4.78, 5) is 22.4. The molecular formula is C15H17ClN4O. The van der Waals surface area contributed by atoms with Gasteiger partial charge in [0.05, 0.1) is 10.6 Å². The van der Waals surface area contributed by atoms with Gasteiger partial charge < -0.3 is 9.47 Å². The fourth-order valence-corrected chi connectivity index (χ4v) is 3.00. The molecule has 2 aromatic rings. The van der Waals surface area contributed by atoms with E-state index < -0.39 is 0 Å². The van der Waals surface area contributed by atoms with Crippen LogP contribution in [0, 0.1) is 5.92 Å². The summed E-state index contributed by atoms with van der Waals surface area (Å²) in [5.74, 6) is 1.49. The third-order valence-electron chi connectivity index (χ3n) is 3.93. The standard InChI is InChI=1S/C15H17ClN4O/c1-19(15(21)12-2-4-17-9-13(12)16)10-11-3-6-20-7-5-18-14(20)8-11/h2,4-5,7,9,11H,3,6,8,10H2,1H3. The quantitative estimate of drug-likeness (QED) is 0.874. The minimum atomic E-state index is -0.0590. The van der Waals surface area contributed by atoms with Crippen LogP contribution in [0.5, 0.6) is 0 Å². The summed E-state index contributed by atoms with van der Waals surface area (Å²) in [5, 5.41) is 0.397. The average molecular weight is 305 g/mol. The van der Waals surface area contributed by atoms with E-state index in [0.717, 1.165) is 25.2 Å². The largest absolute Gasteiger partial charge is 0.341 e. The van der Waals surface area contributed by atoms with Gasteiger partial charge in [-0.25, -0.2) is 4.98 Å². The summed E-state index contributed by atoms with van der Waals surface area (Å²) in [5.41, 5.74) is 0.506. The van der Waals surface area contributed by atoms with Crippen molar-refractivity contribution in [3.8, 4) is 0 Å². The number of amides is 1. The molecule has 2 aromatic heterocycles. The molecule has 5 nitrogen and oxygen atoms in total. The van der Waals surface area contributed by atoms with Gasteiger partial charge in [0.2, 0.25) is 0 Å². The van der Waals surface area contributed by atoms with Crippen molar-refractivity contribution < 1.29 is 4.79 Å². The van der Waals surface area contributed by atoms with Crippen molar-refractivity contribution in [2.24, 2.45) is 5.92 Å². The third kappa shape index (κ3) is 2.93. The molecule has 0 radical (unpaired) electrons. The molecule has 0 saturated carbocycles. The van der Waals surface area contributed by atoms with E-state index in [1.807, 2.05) is 19.4 Å². The SMILES string of the molecule is CN(CC1CCn2ccnc2C1)C(=O)c1ccncc1Cl. The summed E-state index contributed by atoms with van der Waals surface area (Å²) in [6, 6.07) is 1.66. The van der Waals surface area contributed by atoms with E-state index in [0.29, 0.717) is 23.0 Å². The lowest BCUT2D eigenvalue weighted by Gasteiger charge is -2.28. The van der Waals surface area contributed by atoms with Gasteiger partial charge in [-0.05, 0) is 18.4 Å². The van der Waals surface area contributed by atoms with E-state index in [1.54, 1.807) is 17.2 Å². The predicted octanol–water partition coefficient (Wildman–Crippen LogP) is 2.27. The van der Waals surface area contributed by atoms with Crippen molar-refractivity contribution in [2.45, 2.75) is 19.4 Å². The first-order chi connectivity index (χ1) is 10.1. The number of halogens is 1.